The summed E-state index contributed by atoms with van der Waals surface area (Å²) in [6.45, 7) is -0.550. The lowest BCUT2D eigenvalue weighted by atomic mass is 9.98. The van der Waals surface area contributed by atoms with E-state index in [-0.39, 0.29) is 17.1 Å². The molecule has 22 heavy (non-hydrogen) atoms. The zero-order valence-corrected chi connectivity index (χ0v) is 11.2. The van der Waals surface area contributed by atoms with Gasteiger partial charge in [-0.3, -0.25) is 9.78 Å². The zero-order valence-electron chi connectivity index (χ0n) is 11.2. The summed E-state index contributed by atoms with van der Waals surface area (Å²) in [5.74, 6) is -0.0334. The number of fused-ring (bicyclic) bond motifs is 1. The molecule has 2 aromatic rings. The Bertz CT molecular complexity index is 714. The molecule has 2 aromatic heterocycles. The van der Waals surface area contributed by atoms with Crippen molar-refractivity contribution in [2.45, 2.75) is 30.6 Å². The maximum Gasteiger partial charge on any atom is 0.278 e. The van der Waals surface area contributed by atoms with Crippen LogP contribution >= 0.6 is 0 Å². The van der Waals surface area contributed by atoms with Crippen LogP contribution in [0.15, 0.2) is 11.1 Å². The summed E-state index contributed by atoms with van der Waals surface area (Å²) < 4.78 is 5.26. The molecule has 0 saturated carbocycles. The third-order valence-electron chi connectivity index (χ3n) is 3.47. The smallest absolute Gasteiger partial charge is 0.278 e. The van der Waals surface area contributed by atoms with Crippen molar-refractivity contribution in [3.8, 4) is 0 Å². The van der Waals surface area contributed by atoms with Crippen LogP contribution in [0.1, 0.15) is 0 Å². The van der Waals surface area contributed by atoms with Gasteiger partial charge in [-0.2, -0.15) is 4.98 Å². The molecule has 0 bridgehead atoms. The fourth-order valence-corrected chi connectivity index (χ4v) is 2.27. The van der Waals surface area contributed by atoms with E-state index in [0.717, 1.165) is 0 Å². The fourth-order valence-electron chi connectivity index (χ4n) is 2.27. The van der Waals surface area contributed by atoms with Crippen molar-refractivity contribution in [2.24, 2.45) is 0 Å². The molecule has 1 fully saturated rings. The Labute approximate surface area is 122 Å². The zero-order chi connectivity index (χ0) is 15.9. The van der Waals surface area contributed by atoms with Gasteiger partial charge in [-0.1, -0.05) is 0 Å². The van der Waals surface area contributed by atoms with E-state index in [9.17, 15) is 20.1 Å². The number of H-pyrrole nitrogens is 2. The normalized spacial score (nSPS) is 32.3. The predicted octanol–water partition coefficient (Wildman–Crippen LogP) is -3.14. The van der Waals surface area contributed by atoms with Crippen molar-refractivity contribution in [1.82, 2.24) is 19.9 Å². The van der Waals surface area contributed by atoms with Gasteiger partial charge in [0.05, 0.1) is 12.9 Å². The lowest BCUT2D eigenvalue weighted by Gasteiger charge is -2.40. The summed E-state index contributed by atoms with van der Waals surface area (Å²) in [7, 11) is 0. The average Bonchev–Trinajstić information content (AvgIpc) is 2.97. The highest BCUT2D eigenvalue weighted by molar-refractivity contribution is 5.69. The maximum absolute atomic E-state index is 11.8. The number of ether oxygens (including phenoxy) is 1. The van der Waals surface area contributed by atoms with E-state index in [0.29, 0.717) is 0 Å². The van der Waals surface area contributed by atoms with Gasteiger partial charge in [-0.15, -0.1) is 0 Å². The van der Waals surface area contributed by atoms with Gasteiger partial charge in [0.25, 0.3) is 5.56 Å². The molecule has 0 amide bonds. The number of anilines is 1. The van der Waals surface area contributed by atoms with Crippen LogP contribution in [-0.4, -0.2) is 77.6 Å². The Morgan fingerprint density at radius 2 is 2.05 bits per heavy atom. The molecule has 5 atom stereocenters. The number of rotatable bonds is 3. The molecule has 1 saturated heterocycles. The van der Waals surface area contributed by atoms with Crippen LogP contribution in [0.3, 0.4) is 0 Å². The van der Waals surface area contributed by atoms with Gasteiger partial charge in [0.1, 0.15) is 24.4 Å². The largest absolute Gasteiger partial charge is 0.394 e. The highest BCUT2D eigenvalue weighted by atomic mass is 16.6. The molecule has 0 radical (unpaired) electrons. The summed E-state index contributed by atoms with van der Waals surface area (Å²) in [5, 5.41) is 41.0. The van der Waals surface area contributed by atoms with Gasteiger partial charge in [0.15, 0.2) is 17.4 Å². The minimum absolute atomic E-state index is 0.0334. The summed E-state index contributed by atoms with van der Waals surface area (Å²) in [6, 6.07) is 0. The number of hydrogen-bond acceptors (Lipinski definition) is 9. The molecule has 1 aliphatic rings. The SMILES string of the molecule is O=c1[nH]c(N[C@@H]2O[C@H](CO)[C@@H](O)[C@H](O)[C@@H]2O)nc2nc[nH]c12. The first-order valence-corrected chi connectivity index (χ1v) is 6.51. The van der Waals surface area contributed by atoms with Crippen LogP contribution in [0.2, 0.25) is 0 Å². The van der Waals surface area contributed by atoms with Gasteiger partial charge in [0.2, 0.25) is 5.95 Å². The lowest BCUT2D eigenvalue weighted by Crippen LogP contribution is -2.60. The highest BCUT2D eigenvalue weighted by Gasteiger charge is 2.43. The third kappa shape index (κ3) is 2.44. The quantitative estimate of drug-likeness (QED) is 0.308. The number of hydrogen-bond donors (Lipinski definition) is 7. The molecular formula is C11H15N5O6. The fraction of sp³-hybridized carbons (Fsp3) is 0.545. The minimum Gasteiger partial charge on any atom is -0.394 e. The number of nitrogens with one attached hydrogen (secondary N) is 3. The number of imidazole rings is 1. The molecule has 120 valence electrons. The lowest BCUT2D eigenvalue weighted by molar-refractivity contribution is -0.221. The van der Waals surface area contributed by atoms with Gasteiger partial charge >= 0.3 is 0 Å². The van der Waals surface area contributed by atoms with E-state index in [1.807, 2.05) is 0 Å². The molecule has 0 aromatic carbocycles. The number of aromatic amines is 2. The Morgan fingerprint density at radius 1 is 1.27 bits per heavy atom. The highest BCUT2D eigenvalue weighted by Crippen LogP contribution is 2.21. The number of aliphatic hydroxyl groups is 4. The molecular weight excluding hydrogens is 298 g/mol. The maximum atomic E-state index is 11.8. The molecule has 0 unspecified atom stereocenters. The van der Waals surface area contributed by atoms with E-state index < -0.39 is 42.8 Å². The second-order valence-corrected chi connectivity index (χ2v) is 4.91. The number of aromatic nitrogens is 4. The van der Waals surface area contributed by atoms with Crippen LogP contribution in [-0.2, 0) is 4.74 Å². The van der Waals surface area contributed by atoms with Crippen LogP contribution in [0.5, 0.6) is 0 Å². The minimum atomic E-state index is -1.52. The standard InChI is InChI=1S/C11H15N5O6/c17-1-3-5(18)6(19)7(20)10(22-3)16-11-14-8-4(9(21)15-11)12-2-13-8/h2-3,5-7,10,17-20H,1H2,(H3,12,13,14,15,16,21)/t3-,5-,6+,7+,10-/m1/s1. The average molecular weight is 313 g/mol. The second kappa shape index (κ2) is 5.62. The van der Waals surface area contributed by atoms with Crippen molar-refractivity contribution in [3.05, 3.63) is 16.7 Å². The summed E-state index contributed by atoms with van der Waals surface area (Å²) >= 11 is 0. The molecule has 7 N–H and O–H groups in total. The molecule has 11 heteroatoms. The summed E-state index contributed by atoms with van der Waals surface area (Å²) in [4.78, 5) is 24.7. The van der Waals surface area contributed by atoms with E-state index in [4.69, 9.17) is 9.84 Å². The Kier molecular flexibility index (Phi) is 3.80. The van der Waals surface area contributed by atoms with Crippen molar-refractivity contribution in [1.29, 1.82) is 0 Å². The predicted molar refractivity (Wildman–Crippen MR) is 71.9 cm³/mol. The van der Waals surface area contributed by atoms with Crippen molar-refractivity contribution >= 4 is 17.1 Å². The number of nitrogens with zero attached hydrogens (tertiary/aromatic N) is 2. The summed E-state index contributed by atoms with van der Waals surface area (Å²) in [6.07, 6.45) is -5.40. The molecule has 0 aliphatic carbocycles. The van der Waals surface area contributed by atoms with Crippen molar-refractivity contribution in [2.75, 3.05) is 11.9 Å². The Morgan fingerprint density at radius 3 is 2.77 bits per heavy atom. The monoisotopic (exact) mass is 313 g/mol. The van der Waals surface area contributed by atoms with E-state index in [1.54, 1.807) is 0 Å². The van der Waals surface area contributed by atoms with Crippen LogP contribution in [0.25, 0.3) is 11.2 Å². The molecule has 1 aliphatic heterocycles. The van der Waals surface area contributed by atoms with Crippen molar-refractivity contribution < 1.29 is 25.2 Å². The summed E-state index contributed by atoms with van der Waals surface area (Å²) in [5.41, 5.74) is -0.121. The van der Waals surface area contributed by atoms with E-state index >= 15 is 0 Å². The first-order valence-electron chi connectivity index (χ1n) is 6.51. The first kappa shape index (κ1) is 14.9. The molecule has 3 heterocycles. The van der Waals surface area contributed by atoms with Crippen LogP contribution < -0.4 is 10.9 Å². The third-order valence-corrected chi connectivity index (χ3v) is 3.47. The van der Waals surface area contributed by atoms with Crippen molar-refractivity contribution in [3.63, 3.8) is 0 Å². The van der Waals surface area contributed by atoms with Gasteiger partial charge in [-0.25, -0.2) is 4.98 Å². The van der Waals surface area contributed by atoms with E-state index in [2.05, 4.69) is 25.3 Å². The molecule has 11 nitrogen and oxygen atoms in total. The Hall–Kier alpha value is -2.05. The van der Waals surface area contributed by atoms with E-state index in [1.165, 1.54) is 6.33 Å². The topological polar surface area (TPSA) is 177 Å². The van der Waals surface area contributed by atoms with Gasteiger partial charge in [0, 0.05) is 0 Å². The van der Waals surface area contributed by atoms with Crippen LogP contribution in [0.4, 0.5) is 5.95 Å². The second-order valence-electron chi connectivity index (χ2n) is 4.91. The molecule has 3 rings (SSSR count). The molecule has 0 spiro atoms. The first-order chi connectivity index (χ1) is 10.5. The van der Waals surface area contributed by atoms with Crippen LogP contribution in [0, 0.1) is 0 Å². The Balaban J connectivity index is 1.85. The van der Waals surface area contributed by atoms with Gasteiger partial charge < -0.3 is 35.5 Å². The van der Waals surface area contributed by atoms with Gasteiger partial charge in [-0.05, 0) is 0 Å². The number of aliphatic hydroxyl groups excluding tert-OH is 4.